The lowest BCUT2D eigenvalue weighted by molar-refractivity contribution is 0.229. The number of aliphatic hydroxyl groups excluding tert-OH is 1. The molecule has 8 heteroatoms. The zero-order chi connectivity index (χ0) is 23.1. The molecule has 0 saturated carbocycles. The Labute approximate surface area is 199 Å². The fourth-order valence-electron chi connectivity index (χ4n) is 5.56. The smallest absolute Gasteiger partial charge is 0.231 e. The molecule has 0 amide bonds. The number of aromatic nitrogens is 3. The summed E-state index contributed by atoms with van der Waals surface area (Å²) in [5.74, 6) is 1.97. The molecule has 0 aliphatic carbocycles. The third-order valence-corrected chi connectivity index (χ3v) is 7.41. The van der Waals surface area contributed by atoms with Crippen LogP contribution in [0.1, 0.15) is 24.0 Å². The number of fused-ring (bicyclic) bond motifs is 2. The van der Waals surface area contributed by atoms with Crippen molar-refractivity contribution in [1.82, 2.24) is 19.9 Å². The summed E-state index contributed by atoms with van der Waals surface area (Å²) < 4.78 is 0. The minimum atomic E-state index is -0.103. The van der Waals surface area contributed by atoms with Crippen LogP contribution in [0, 0.1) is 0 Å². The average molecular weight is 459 g/mol. The number of aliphatic hydroxyl groups is 1. The number of nitrogens with zero attached hydrogens (tertiary/aromatic N) is 6. The summed E-state index contributed by atoms with van der Waals surface area (Å²) in [4.78, 5) is 21.6. The van der Waals surface area contributed by atoms with Gasteiger partial charge in [0.25, 0.3) is 0 Å². The van der Waals surface area contributed by atoms with Crippen LogP contribution in [-0.2, 0) is 13.0 Å². The van der Waals surface area contributed by atoms with E-state index in [1.54, 1.807) is 18.2 Å². The first-order valence-corrected chi connectivity index (χ1v) is 12.2. The standard InChI is InChI=1S/C26H30N6O2/c33-17-22-13-18-5-1-2-6-20(18)15-32(22)26-28-24(19-7-3-9-23(34)14-19)27-25(29-26)31-12-11-30-10-4-8-21(30)16-31/h1-3,5-7,9,14,21-22,33-34H,4,8,10-13,15-17H2/t21?,22-/m1/s1. The van der Waals surface area contributed by atoms with Gasteiger partial charge in [0.15, 0.2) is 5.82 Å². The van der Waals surface area contributed by atoms with Gasteiger partial charge >= 0.3 is 0 Å². The molecule has 2 N–H and O–H groups in total. The van der Waals surface area contributed by atoms with Crippen LogP contribution >= 0.6 is 0 Å². The molecule has 3 aliphatic heterocycles. The minimum absolute atomic E-state index is 0.0254. The maximum Gasteiger partial charge on any atom is 0.231 e. The number of phenolic OH excluding ortho intramolecular Hbond substituents is 1. The van der Waals surface area contributed by atoms with Gasteiger partial charge in [-0.1, -0.05) is 36.4 Å². The third-order valence-electron chi connectivity index (χ3n) is 7.41. The summed E-state index contributed by atoms with van der Waals surface area (Å²) in [6, 6.07) is 15.9. The Bertz CT molecular complexity index is 1190. The van der Waals surface area contributed by atoms with Crippen molar-refractivity contribution < 1.29 is 10.2 Å². The van der Waals surface area contributed by atoms with Gasteiger partial charge in [0, 0.05) is 37.8 Å². The van der Waals surface area contributed by atoms with Crippen molar-refractivity contribution in [1.29, 1.82) is 0 Å². The molecule has 4 heterocycles. The quantitative estimate of drug-likeness (QED) is 0.617. The zero-order valence-electron chi connectivity index (χ0n) is 19.2. The van der Waals surface area contributed by atoms with E-state index in [-0.39, 0.29) is 18.4 Å². The van der Waals surface area contributed by atoms with Crippen molar-refractivity contribution in [3.05, 3.63) is 59.7 Å². The number of hydrogen-bond donors (Lipinski definition) is 2. The molecule has 1 aromatic heterocycles. The number of phenols is 1. The molecule has 2 aromatic carbocycles. The van der Waals surface area contributed by atoms with Crippen molar-refractivity contribution in [2.24, 2.45) is 0 Å². The largest absolute Gasteiger partial charge is 0.508 e. The van der Waals surface area contributed by atoms with Crippen LogP contribution in [0.4, 0.5) is 11.9 Å². The number of aromatic hydroxyl groups is 1. The first-order chi connectivity index (χ1) is 16.7. The summed E-state index contributed by atoms with van der Waals surface area (Å²) in [5.41, 5.74) is 3.24. The molecule has 3 aromatic rings. The molecule has 0 spiro atoms. The molecule has 8 nitrogen and oxygen atoms in total. The summed E-state index contributed by atoms with van der Waals surface area (Å²) in [5, 5.41) is 20.3. The second-order valence-corrected chi connectivity index (χ2v) is 9.52. The number of piperazine rings is 1. The Kier molecular flexibility index (Phi) is 5.55. The first-order valence-electron chi connectivity index (χ1n) is 12.2. The van der Waals surface area contributed by atoms with Crippen molar-refractivity contribution in [3.8, 4) is 17.1 Å². The van der Waals surface area contributed by atoms with Crippen molar-refractivity contribution in [3.63, 3.8) is 0 Å². The van der Waals surface area contributed by atoms with Gasteiger partial charge in [-0.2, -0.15) is 15.0 Å². The van der Waals surface area contributed by atoms with Crippen LogP contribution < -0.4 is 9.80 Å². The molecule has 2 saturated heterocycles. The molecule has 2 atom stereocenters. The fraction of sp³-hybridized carbons (Fsp3) is 0.423. The maximum absolute atomic E-state index is 10.2. The molecule has 1 unspecified atom stereocenters. The van der Waals surface area contributed by atoms with Gasteiger partial charge in [0.1, 0.15) is 5.75 Å². The number of hydrogen-bond acceptors (Lipinski definition) is 8. The highest BCUT2D eigenvalue weighted by atomic mass is 16.3. The van der Waals surface area contributed by atoms with E-state index in [0.29, 0.717) is 30.3 Å². The van der Waals surface area contributed by atoms with E-state index >= 15 is 0 Å². The zero-order valence-corrected chi connectivity index (χ0v) is 19.2. The average Bonchev–Trinajstić information content (AvgIpc) is 3.35. The molecular weight excluding hydrogens is 428 g/mol. The van der Waals surface area contributed by atoms with Gasteiger partial charge in [-0.05, 0) is 49.1 Å². The highest BCUT2D eigenvalue weighted by molar-refractivity contribution is 5.61. The van der Waals surface area contributed by atoms with E-state index < -0.39 is 0 Å². The molecule has 2 fully saturated rings. The Morgan fingerprint density at radius 1 is 0.912 bits per heavy atom. The minimum Gasteiger partial charge on any atom is -0.508 e. The predicted molar refractivity (Wildman–Crippen MR) is 131 cm³/mol. The van der Waals surface area contributed by atoms with Crippen molar-refractivity contribution in [2.45, 2.75) is 37.9 Å². The van der Waals surface area contributed by atoms with E-state index in [4.69, 9.17) is 15.0 Å². The lowest BCUT2D eigenvalue weighted by atomic mass is 9.94. The van der Waals surface area contributed by atoms with Crippen LogP contribution in [0.15, 0.2) is 48.5 Å². The molecule has 0 bridgehead atoms. The van der Waals surface area contributed by atoms with Gasteiger partial charge in [-0.15, -0.1) is 0 Å². The molecule has 0 radical (unpaired) electrons. The van der Waals surface area contributed by atoms with E-state index in [2.05, 4.69) is 26.8 Å². The summed E-state index contributed by atoms with van der Waals surface area (Å²) >= 11 is 0. The van der Waals surface area contributed by atoms with Crippen LogP contribution in [0.5, 0.6) is 5.75 Å². The third kappa shape index (κ3) is 3.97. The lowest BCUT2D eigenvalue weighted by Gasteiger charge is -2.39. The van der Waals surface area contributed by atoms with E-state index in [1.807, 2.05) is 18.2 Å². The lowest BCUT2D eigenvalue weighted by Crippen LogP contribution is -2.51. The Hall–Kier alpha value is -3.23. The monoisotopic (exact) mass is 458 g/mol. The highest BCUT2D eigenvalue weighted by Crippen LogP contribution is 2.31. The highest BCUT2D eigenvalue weighted by Gasteiger charge is 2.33. The van der Waals surface area contributed by atoms with Crippen LogP contribution in [-0.4, -0.2) is 74.9 Å². The van der Waals surface area contributed by atoms with E-state index in [1.165, 1.54) is 30.5 Å². The SMILES string of the molecule is OC[C@H]1Cc2ccccc2CN1c1nc(-c2cccc(O)c2)nc(N2CCN3CCCC3C2)n1. The molecule has 3 aliphatic rings. The van der Waals surface area contributed by atoms with E-state index in [9.17, 15) is 10.2 Å². The normalized spacial score (nSPS) is 22.5. The van der Waals surface area contributed by atoms with Crippen LogP contribution in [0.25, 0.3) is 11.4 Å². The second-order valence-electron chi connectivity index (χ2n) is 9.52. The van der Waals surface area contributed by atoms with Gasteiger partial charge in [-0.3, -0.25) is 4.90 Å². The number of anilines is 2. The first kappa shape index (κ1) is 21.3. The second kappa shape index (κ2) is 8.85. The number of benzene rings is 2. The Balaban J connectivity index is 1.41. The summed E-state index contributed by atoms with van der Waals surface area (Å²) in [6.07, 6.45) is 3.21. The summed E-state index contributed by atoms with van der Waals surface area (Å²) in [7, 11) is 0. The van der Waals surface area contributed by atoms with Crippen molar-refractivity contribution >= 4 is 11.9 Å². The van der Waals surface area contributed by atoms with Crippen molar-refractivity contribution in [2.75, 3.05) is 42.6 Å². The van der Waals surface area contributed by atoms with Gasteiger partial charge in [0.2, 0.25) is 11.9 Å². The predicted octanol–water partition coefficient (Wildman–Crippen LogP) is 2.45. The molecule has 34 heavy (non-hydrogen) atoms. The van der Waals surface area contributed by atoms with Crippen LogP contribution in [0.3, 0.4) is 0 Å². The summed E-state index contributed by atoms with van der Waals surface area (Å²) in [6.45, 7) is 4.66. The van der Waals surface area contributed by atoms with Gasteiger partial charge in [0.05, 0.1) is 12.6 Å². The van der Waals surface area contributed by atoms with Gasteiger partial charge in [-0.25, -0.2) is 0 Å². The van der Waals surface area contributed by atoms with Crippen LogP contribution in [0.2, 0.25) is 0 Å². The maximum atomic E-state index is 10.2. The van der Waals surface area contributed by atoms with E-state index in [0.717, 1.165) is 31.6 Å². The Morgan fingerprint density at radius 2 is 1.76 bits per heavy atom. The Morgan fingerprint density at radius 3 is 2.62 bits per heavy atom. The fourth-order valence-corrected chi connectivity index (χ4v) is 5.56. The topological polar surface area (TPSA) is 88.8 Å². The molecule has 176 valence electrons. The number of rotatable bonds is 4. The molecule has 6 rings (SSSR count). The molecular formula is C26H30N6O2. The van der Waals surface area contributed by atoms with Gasteiger partial charge < -0.3 is 20.0 Å².